The Bertz CT molecular complexity index is 694. The number of hydrogen-bond acceptors (Lipinski definition) is 4. The summed E-state index contributed by atoms with van der Waals surface area (Å²) >= 11 is 0. The molecule has 0 bridgehead atoms. The molecule has 1 aliphatic rings. The number of hydrogen-bond donors (Lipinski definition) is 3. The van der Waals surface area contributed by atoms with Gasteiger partial charge in [0.05, 0.1) is 12.2 Å². The lowest BCUT2D eigenvalue weighted by atomic mass is 9.85. The summed E-state index contributed by atoms with van der Waals surface area (Å²) in [6.07, 6.45) is 0.350. The monoisotopic (exact) mass is 420 g/mol. The van der Waals surface area contributed by atoms with Crippen molar-refractivity contribution < 1.29 is 19.7 Å². The molecule has 1 aromatic carbocycles. The first kappa shape index (κ1) is 24.1. The van der Waals surface area contributed by atoms with Crippen molar-refractivity contribution in [2.45, 2.75) is 103 Å². The van der Waals surface area contributed by atoms with Crippen LogP contribution in [0.3, 0.4) is 0 Å². The Morgan fingerprint density at radius 1 is 0.897 bits per heavy atom. The zero-order chi connectivity index (χ0) is 22.1. The lowest BCUT2D eigenvalue weighted by molar-refractivity contribution is 0.101. The number of aliphatic hydroxyl groups excluding tert-OH is 3. The second-order valence-corrected chi connectivity index (χ2v) is 15.0. The summed E-state index contributed by atoms with van der Waals surface area (Å²) in [6.45, 7) is 17.6. The van der Waals surface area contributed by atoms with E-state index in [4.69, 9.17) is 4.43 Å². The van der Waals surface area contributed by atoms with Crippen molar-refractivity contribution in [1.82, 2.24) is 0 Å². The third kappa shape index (κ3) is 4.79. The molecular formula is C24H40O4Si. The first-order valence-electron chi connectivity index (χ1n) is 11.0. The summed E-state index contributed by atoms with van der Waals surface area (Å²) in [5.74, 6) is 0.872. The van der Waals surface area contributed by atoms with Crippen LogP contribution in [-0.4, -0.2) is 35.8 Å². The standard InChI is InChI=1S/C24H40O4Si/c1-14(2)29(15(3)4,16(5)6)28-20-11-17(7)23(18(8)12-20)24(27)21-13-19(25)9-10-22(21)26/h11-16,19,22,24-27H,9-10H2,1-8H3. The molecule has 164 valence electrons. The Hall–Kier alpha value is -1.14. The van der Waals surface area contributed by atoms with Crippen LogP contribution in [0.25, 0.3) is 0 Å². The molecule has 0 spiro atoms. The summed E-state index contributed by atoms with van der Waals surface area (Å²) in [5.41, 5.74) is 4.63. The van der Waals surface area contributed by atoms with E-state index in [9.17, 15) is 15.3 Å². The van der Waals surface area contributed by atoms with Crippen LogP contribution in [0.1, 0.15) is 77.2 Å². The predicted molar refractivity (Wildman–Crippen MR) is 122 cm³/mol. The summed E-state index contributed by atoms with van der Waals surface area (Å²) < 4.78 is 6.82. The Balaban J connectivity index is 2.43. The van der Waals surface area contributed by atoms with Crippen molar-refractivity contribution in [2.24, 2.45) is 0 Å². The van der Waals surface area contributed by atoms with Crippen molar-refractivity contribution in [1.29, 1.82) is 0 Å². The van der Waals surface area contributed by atoms with Gasteiger partial charge in [-0.15, -0.1) is 0 Å². The fourth-order valence-corrected chi connectivity index (χ4v) is 10.6. The molecule has 4 nitrogen and oxygen atoms in total. The SMILES string of the molecule is Cc1cc(O[Si](C(C)C)(C(C)C)C(C)C)cc(C)c1C(O)C1=CC(O)CCC1O. The highest BCUT2D eigenvalue weighted by Crippen LogP contribution is 2.44. The van der Waals surface area contributed by atoms with Gasteiger partial charge < -0.3 is 19.7 Å². The summed E-state index contributed by atoms with van der Waals surface area (Å²) in [6, 6.07) is 4.04. The minimum atomic E-state index is -2.06. The maximum atomic E-state index is 11.0. The number of aliphatic hydroxyl groups is 3. The van der Waals surface area contributed by atoms with Gasteiger partial charge in [-0.25, -0.2) is 0 Å². The van der Waals surface area contributed by atoms with E-state index < -0.39 is 26.6 Å². The molecule has 0 radical (unpaired) electrons. The lowest BCUT2D eigenvalue weighted by Crippen LogP contribution is -2.50. The molecule has 0 saturated heterocycles. The van der Waals surface area contributed by atoms with Crippen LogP contribution in [0, 0.1) is 13.8 Å². The molecule has 0 saturated carbocycles. The molecule has 5 heteroatoms. The van der Waals surface area contributed by atoms with Crippen LogP contribution in [0.2, 0.25) is 16.6 Å². The molecule has 2 rings (SSSR count). The molecule has 3 atom stereocenters. The van der Waals surface area contributed by atoms with E-state index in [1.54, 1.807) is 6.08 Å². The van der Waals surface area contributed by atoms with Crippen LogP contribution in [-0.2, 0) is 0 Å². The first-order valence-corrected chi connectivity index (χ1v) is 13.1. The second-order valence-electron chi connectivity index (χ2n) is 9.62. The molecule has 1 aliphatic carbocycles. The third-order valence-corrected chi connectivity index (χ3v) is 12.7. The second kappa shape index (κ2) is 9.34. The van der Waals surface area contributed by atoms with Gasteiger partial charge in [-0.05, 0) is 77.7 Å². The molecule has 0 fully saturated rings. The maximum absolute atomic E-state index is 11.0. The van der Waals surface area contributed by atoms with Crippen molar-refractivity contribution in [2.75, 3.05) is 0 Å². The van der Waals surface area contributed by atoms with Gasteiger partial charge in [0.2, 0.25) is 0 Å². The largest absolute Gasteiger partial charge is 0.543 e. The Kier molecular flexibility index (Phi) is 7.77. The Morgan fingerprint density at radius 3 is 1.83 bits per heavy atom. The average Bonchev–Trinajstić information content (AvgIpc) is 2.60. The van der Waals surface area contributed by atoms with Crippen molar-refractivity contribution in [3.05, 3.63) is 40.5 Å². The van der Waals surface area contributed by atoms with E-state index >= 15 is 0 Å². The normalized spacial score (nSPS) is 21.7. The van der Waals surface area contributed by atoms with E-state index in [0.717, 1.165) is 22.4 Å². The average molecular weight is 421 g/mol. The van der Waals surface area contributed by atoms with Crippen molar-refractivity contribution >= 4 is 8.32 Å². The highest BCUT2D eigenvalue weighted by Gasteiger charge is 2.47. The van der Waals surface area contributed by atoms with Gasteiger partial charge in [-0.1, -0.05) is 47.6 Å². The zero-order valence-corrected chi connectivity index (χ0v) is 20.4. The van der Waals surface area contributed by atoms with Crippen molar-refractivity contribution in [3.8, 4) is 5.75 Å². The smallest absolute Gasteiger partial charge is 0.258 e. The quantitative estimate of drug-likeness (QED) is 0.412. The highest BCUT2D eigenvalue weighted by molar-refractivity contribution is 6.78. The summed E-state index contributed by atoms with van der Waals surface area (Å²) in [5, 5.41) is 31.3. The fourth-order valence-electron chi connectivity index (χ4n) is 5.33. The van der Waals surface area contributed by atoms with Crippen LogP contribution < -0.4 is 4.43 Å². The molecule has 0 aromatic heterocycles. The lowest BCUT2D eigenvalue weighted by Gasteiger charge is -2.42. The van der Waals surface area contributed by atoms with Gasteiger partial charge in [0.25, 0.3) is 8.32 Å². The van der Waals surface area contributed by atoms with E-state index in [-0.39, 0.29) is 0 Å². The molecule has 29 heavy (non-hydrogen) atoms. The Morgan fingerprint density at radius 2 is 1.38 bits per heavy atom. The van der Waals surface area contributed by atoms with Gasteiger partial charge in [-0.2, -0.15) is 0 Å². The number of aryl methyl sites for hydroxylation is 2. The van der Waals surface area contributed by atoms with Gasteiger partial charge in [0, 0.05) is 0 Å². The molecule has 0 heterocycles. The van der Waals surface area contributed by atoms with Gasteiger partial charge in [0.15, 0.2) is 0 Å². The fraction of sp³-hybridized carbons (Fsp3) is 0.667. The molecule has 3 unspecified atom stereocenters. The van der Waals surface area contributed by atoms with Crippen molar-refractivity contribution in [3.63, 3.8) is 0 Å². The number of benzene rings is 1. The molecule has 1 aromatic rings. The van der Waals surface area contributed by atoms with Crippen LogP contribution in [0.15, 0.2) is 23.8 Å². The first-order chi connectivity index (χ1) is 13.4. The molecule has 0 aliphatic heterocycles. The summed E-state index contributed by atoms with van der Waals surface area (Å²) in [4.78, 5) is 0. The van der Waals surface area contributed by atoms with Gasteiger partial charge in [0.1, 0.15) is 11.9 Å². The minimum Gasteiger partial charge on any atom is -0.543 e. The van der Waals surface area contributed by atoms with Gasteiger partial charge >= 0.3 is 0 Å². The maximum Gasteiger partial charge on any atom is 0.258 e. The minimum absolute atomic E-state index is 0.467. The van der Waals surface area contributed by atoms with E-state index in [2.05, 4.69) is 41.5 Å². The van der Waals surface area contributed by atoms with Crippen LogP contribution in [0.4, 0.5) is 0 Å². The van der Waals surface area contributed by atoms with E-state index in [1.807, 2.05) is 26.0 Å². The zero-order valence-electron chi connectivity index (χ0n) is 19.4. The van der Waals surface area contributed by atoms with Crippen LogP contribution in [0.5, 0.6) is 5.75 Å². The third-order valence-electron chi connectivity index (χ3n) is 6.66. The topological polar surface area (TPSA) is 69.9 Å². The summed E-state index contributed by atoms with van der Waals surface area (Å²) in [7, 11) is -2.06. The van der Waals surface area contributed by atoms with Gasteiger partial charge in [-0.3, -0.25) is 0 Å². The highest BCUT2D eigenvalue weighted by atomic mass is 28.4. The van der Waals surface area contributed by atoms with E-state index in [1.165, 1.54) is 0 Å². The molecular weight excluding hydrogens is 380 g/mol. The van der Waals surface area contributed by atoms with Crippen LogP contribution >= 0.6 is 0 Å². The molecule has 0 amide bonds. The molecule has 3 N–H and O–H groups in total. The number of rotatable bonds is 7. The Labute approximate surface area is 177 Å². The van der Waals surface area contributed by atoms with E-state index in [0.29, 0.717) is 35.0 Å². The predicted octanol–water partition coefficient (Wildman–Crippen LogP) is 5.33.